The average Bonchev–Trinajstić information content (AvgIpc) is 2.40. The minimum Gasteiger partial charge on any atom is -0.0848 e. The predicted octanol–water partition coefficient (Wildman–Crippen LogP) is 2.97. The Labute approximate surface area is 59.0 Å². The first kappa shape index (κ1) is 7.07. The van der Waals surface area contributed by atoms with E-state index in [1.165, 1.54) is 12.8 Å². The summed E-state index contributed by atoms with van der Waals surface area (Å²) in [6.07, 6.45) is 2.80. The highest BCUT2D eigenvalue weighted by atomic mass is 28.3. The van der Waals surface area contributed by atoms with Crippen molar-refractivity contribution in [1.82, 2.24) is 0 Å². The molecule has 0 heterocycles. The summed E-state index contributed by atoms with van der Waals surface area (Å²) < 4.78 is 0. The smallest absolute Gasteiger partial charge is 0.0720 e. The Hall–Kier alpha value is -0.0431. The van der Waals surface area contributed by atoms with E-state index in [1.54, 1.807) is 10.8 Å². The van der Waals surface area contributed by atoms with Gasteiger partial charge in [-0.05, 0) is 19.8 Å². The van der Waals surface area contributed by atoms with Gasteiger partial charge in [0.25, 0.3) is 0 Å². The lowest BCUT2D eigenvalue weighted by molar-refractivity contribution is 1.49. The van der Waals surface area contributed by atoms with E-state index in [-0.39, 0.29) is 0 Å². The second-order valence-corrected chi connectivity index (χ2v) is 9.23. The van der Waals surface area contributed by atoms with Crippen molar-refractivity contribution in [2.45, 2.75) is 39.4 Å². The summed E-state index contributed by atoms with van der Waals surface area (Å²) in [5.74, 6) is 0. The van der Waals surface area contributed by atoms with Gasteiger partial charge in [-0.15, -0.1) is 0 Å². The molecule has 0 nitrogen and oxygen atoms in total. The lowest BCUT2D eigenvalue weighted by Crippen LogP contribution is -2.21. The molecule has 52 valence electrons. The molecule has 1 saturated carbocycles. The zero-order chi connectivity index (χ0) is 7.07. The molecule has 0 unspecified atom stereocenters. The topological polar surface area (TPSA) is 0 Å². The highest BCUT2D eigenvalue weighted by Gasteiger charge is 2.23. The Morgan fingerprint density at radius 2 is 1.67 bits per heavy atom. The van der Waals surface area contributed by atoms with Gasteiger partial charge in [-0.3, -0.25) is 0 Å². The van der Waals surface area contributed by atoms with Gasteiger partial charge in [-0.1, -0.05) is 30.4 Å². The molecule has 1 aliphatic carbocycles. The van der Waals surface area contributed by atoms with Crippen molar-refractivity contribution in [2.24, 2.45) is 0 Å². The lowest BCUT2D eigenvalue weighted by Gasteiger charge is -2.16. The van der Waals surface area contributed by atoms with Crippen LogP contribution in [0.25, 0.3) is 0 Å². The minimum atomic E-state index is -0.882. The molecule has 1 fully saturated rings. The maximum Gasteiger partial charge on any atom is 0.0720 e. The van der Waals surface area contributed by atoms with Gasteiger partial charge in [0.05, 0.1) is 8.07 Å². The summed E-state index contributed by atoms with van der Waals surface area (Å²) in [5.41, 5.74) is 1.76. The minimum absolute atomic E-state index is 0.882. The summed E-state index contributed by atoms with van der Waals surface area (Å²) in [7, 11) is -0.882. The Morgan fingerprint density at radius 1 is 1.22 bits per heavy atom. The highest BCUT2D eigenvalue weighted by molar-refractivity contribution is 6.83. The summed E-state index contributed by atoms with van der Waals surface area (Å²) in [4.78, 5) is 0. The monoisotopic (exact) mass is 140 g/mol. The van der Waals surface area contributed by atoms with E-state index in [0.29, 0.717) is 0 Å². The second-order valence-electron chi connectivity index (χ2n) is 3.98. The fraction of sp³-hybridized carbons (Fsp3) is 0.750. The Kier molecular flexibility index (Phi) is 1.55. The van der Waals surface area contributed by atoms with E-state index >= 15 is 0 Å². The maximum absolute atomic E-state index is 2.42. The molecule has 1 aliphatic rings. The van der Waals surface area contributed by atoms with Crippen LogP contribution in [0.2, 0.25) is 19.6 Å². The molecule has 0 amide bonds. The number of rotatable bonds is 1. The molecule has 0 N–H and O–H groups in total. The quantitative estimate of drug-likeness (QED) is 0.491. The van der Waals surface area contributed by atoms with Crippen LogP contribution in [0, 0.1) is 0 Å². The van der Waals surface area contributed by atoms with Gasteiger partial charge in [0.1, 0.15) is 0 Å². The maximum atomic E-state index is 2.42. The van der Waals surface area contributed by atoms with Crippen molar-refractivity contribution >= 4 is 8.07 Å². The van der Waals surface area contributed by atoms with Crippen molar-refractivity contribution < 1.29 is 0 Å². The van der Waals surface area contributed by atoms with Crippen LogP contribution in [-0.2, 0) is 0 Å². The largest absolute Gasteiger partial charge is 0.0848 e. The highest BCUT2D eigenvalue weighted by Crippen LogP contribution is 2.35. The number of allylic oxidation sites excluding steroid dienone is 2. The molecule has 1 heteroatoms. The van der Waals surface area contributed by atoms with Crippen LogP contribution in [0.3, 0.4) is 0 Å². The molecular weight excluding hydrogens is 124 g/mol. The third-order valence-corrected chi connectivity index (χ3v) is 4.76. The van der Waals surface area contributed by atoms with E-state index < -0.39 is 8.07 Å². The van der Waals surface area contributed by atoms with Crippen LogP contribution in [0.15, 0.2) is 10.8 Å². The van der Waals surface area contributed by atoms with Crippen LogP contribution in [0.5, 0.6) is 0 Å². The van der Waals surface area contributed by atoms with Crippen molar-refractivity contribution in [3.63, 3.8) is 0 Å². The van der Waals surface area contributed by atoms with Gasteiger partial charge < -0.3 is 0 Å². The van der Waals surface area contributed by atoms with Crippen LogP contribution in [0.1, 0.15) is 19.8 Å². The average molecular weight is 140 g/mol. The Bertz CT molecular complexity index is 142. The zero-order valence-electron chi connectivity index (χ0n) is 6.91. The van der Waals surface area contributed by atoms with Crippen LogP contribution < -0.4 is 0 Å². The van der Waals surface area contributed by atoms with Gasteiger partial charge in [0.2, 0.25) is 0 Å². The van der Waals surface area contributed by atoms with Gasteiger partial charge in [-0.25, -0.2) is 0 Å². The van der Waals surface area contributed by atoms with E-state index in [2.05, 4.69) is 26.6 Å². The molecule has 0 saturated heterocycles. The third-order valence-electron chi connectivity index (χ3n) is 2.16. The fourth-order valence-electron chi connectivity index (χ4n) is 0.968. The van der Waals surface area contributed by atoms with Crippen LogP contribution >= 0.6 is 0 Å². The van der Waals surface area contributed by atoms with Gasteiger partial charge >= 0.3 is 0 Å². The number of hydrogen-bond donors (Lipinski definition) is 0. The molecular formula is C8H16Si. The van der Waals surface area contributed by atoms with E-state index in [9.17, 15) is 0 Å². The predicted molar refractivity (Wildman–Crippen MR) is 45.3 cm³/mol. The second kappa shape index (κ2) is 1.98. The molecule has 0 aromatic carbocycles. The van der Waals surface area contributed by atoms with E-state index in [4.69, 9.17) is 0 Å². The van der Waals surface area contributed by atoms with Crippen molar-refractivity contribution in [3.8, 4) is 0 Å². The van der Waals surface area contributed by atoms with Crippen molar-refractivity contribution in [1.29, 1.82) is 0 Å². The molecule has 0 spiro atoms. The lowest BCUT2D eigenvalue weighted by atomic mass is 10.5. The molecule has 0 aliphatic heterocycles. The Balaban J connectivity index is 2.73. The van der Waals surface area contributed by atoms with E-state index in [0.717, 1.165) is 0 Å². The standard InChI is InChI=1S/C8H16Si/c1-7(8-5-6-8)9(2,3)4/h5-6H2,1-4H3. The summed E-state index contributed by atoms with van der Waals surface area (Å²) in [6, 6.07) is 0. The molecule has 1 rings (SSSR count). The first-order valence-electron chi connectivity index (χ1n) is 3.71. The van der Waals surface area contributed by atoms with Crippen LogP contribution in [0.4, 0.5) is 0 Å². The normalized spacial score (nSPS) is 18.0. The van der Waals surface area contributed by atoms with Crippen molar-refractivity contribution in [2.75, 3.05) is 0 Å². The summed E-state index contributed by atoms with van der Waals surface area (Å²) in [6.45, 7) is 9.60. The fourth-order valence-corrected chi connectivity index (χ4v) is 2.28. The molecule has 0 aromatic rings. The SMILES string of the molecule is CC(=C1CC1)[Si](C)(C)C. The molecule has 9 heavy (non-hydrogen) atoms. The van der Waals surface area contributed by atoms with Crippen LogP contribution in [-0.4, -0.2) is 8.07 Å². The summed E-state index contributed by atoms with van der Waals surface area (Å²) >= 11 is 0. The van der Waals surface area contributed by atoms with Gasteiger partial charge in [-0.2, -0.15) is 0 Å². The van der Waals surface area contributed by atoms with Crippen molar-refractivity contribution in [3.05, 3.63) is 10.8 Å². The molecule has 0 bridgehead atoms. The molecule has 0 atom stereocenters. The first-order valence-corrected chi connectivity index (χ1v) is 7.21. The number of hydrogen-bond acceptors (Lipinski definition) is 0. The zero-order valence-corrected chi connectivity index (χ0v) is 7.91. The summed E-state index contributed by atoms with van der Waals surface area (Å²) in [5, 5.41) is 1.75. The molecule has 0 radical (unpaired) electrons. The van der Waals surface area contributed by atoms with E-state index in [1.807, 2.05) is 0 Å². The first-order chi connectivity index (χ1) is 4.02. The molecule has 0 aromatic heterocycles. The van der Waals surface area contributed by atoms with Gasteiger partial charge in [0, 0.05) is 0 Å². The van der Waals surface area contributed by atoms with Gasteiger partial charge in [0.15, 0.2) is 0 Å². The Morgan fingerprint density at radius 3 is 1.78 bits per heavy atom. The third kappa shape index (κ3) is 1.68.